The van der Waals surface area contributed by atoms with Crippen molar-refractivity contribution in [3.63, 3.8) is 0 Å². The second-order valence-corrected chi connectivity index (χ2v) is 5.14. The fourth-order valence-electron chi connectivity index (χ4n) is 2.94. The summed E-state index contributed by atoms with van der Waals surface area (Å²) in [5.41, 5.74) is 0. The molecule has 0 aromatic carbocycles. The first-order valence-corrected chi connectivity index (χ1v) is 6.42. The van der Waals surface area contributed by atoms with E-state index in [0.717, 1.165) is 18.3 Å². The van der Waals surface area contributed by atoms with E-state index in [1.54, 1.807) is 0 Å². The molecule has 0 bridgehead atoms. The molecule has 0 radical (unpaired) electrons. The number of nitrogens with one attached hydrogen (secondary N) is 1. The van der Waals surface area contributed by atoms with Crippen LogP contribution in [0.5, 0.6) is 0 Å². The van der Waals surface area contributed by atoms with Gasteiger partial charge in [-0.05, 0) is 57.2 Å². The summed E-state index contributed by atoms with van der Waals surface area (Å²) in [6, 6.07) is 0. The fraction of sp³-hybridized carbons (Fsp3) is 1.00. The molecule has 2 fully saturated rings. The number of nitrogens with zero attached hydrogens (tertiary/aromatic N) is 1. The Morgan fingerprint density at radius 1 is 1.25 bits per heavy atom. The number of aliphatic hydroxyl groups excluding tert-OH is 1. The number of hydrogen-bond acceptors (Lipinski definition) is 3. The Bertz CT molecular complexity index is 186. The van der Waals surface area contributed by atoms with E-state index >= 15 is 0 Å². The molecule has 0 aromatic rings. The molecule has 3 nitrogen and oxygen atoms in total. The van der Waals surface area contributed by atoms with E-state index in [9.17, 15) is 0 Å². The monoisotopic (exact) mass is 248 g/mol. The van der Waals surface area contributed by atoms with Crippen LogP contribution in [0.15, 0.2) is 0 Å². The number of piperidine rings is 1. The Morgan fingerprint density at radius 2 is 2.12 bits per heavy atom. The molecule has 2 rings (SSSR count). The largest absolute Gasteiger partial charge is 0.396 e. The van der Waals surface area contributed by atoms with E-state index in [2.05, 4.69) is 10.2 Å². The lowest BCUT2D eigenvalue weighted by Gasteiger charge is -2.27. The Labute approximate surface area is 105 Å². The summed E-state index contributed by atoms with van der Waals surface area (Å²) in [5, 5.41) is 12.4. The molecular formula is C12H25ClN2O. The van der Waals surface area contributed by atoms with Gasteiger partial charge in [-0.2, -0.15) is 0 Å². The fourth-order valence-corrected chi connectivity index (χ4v) is 2.94. The number of aliphatic hydroxyl groups is 1. The first kappa shape index (κ1) is 14.2. The molecule has 2 aliphatic heterocycles. The van der Waals surface area contributed by atoms with Gasteiger partial charge in [-0.15, -0.1) is 12.4 Å². The Morgan fingerprint density at radius 3 is 2.81 bits per heavy atom. The van der Waals surface area contributed by atoms with Gasteiger partial charge in [0.25, 0.3) is 0 Å². The van der Waals surface area contributed by atoms with E-state index in [4.69, 9.17) is 5.11 Å². The minimum Gasteiger partial charge on any atom is -0.396 e. The lowest BCUT2D eigenvalue weighted by molar-refractivity contribution is 0.224. The molecule has 2 heterocycles. The highest BCUT2D eigenvalue weighted by Crippen LogP contribution is 2.21. The third-order valence-electron chi connectivity index (χ3n) is 3.82. The highest BCUT2D eigenvalue weighted by Gasteiger charge is 2.24. The van der Waals surface area contributed by atoms with Gasteiger partial charge in [-0.3, -0.25) is 0 Å². The number of hydrogen-bond donors (Lipinski definition) is 2. The second-order valence-electron chi connectivity index (χ2n) is 5.14. The Kier molecular flexibility index (Phi) is 6.66. The number of halogens is 1. The first-order chi connectivity index (χ1) is 7.38. The zero-order valence-corrected chi connectivity index (χ0v) is 10.8. The van der Waals surface area contributed by atoms with Crippen LogP contribution in [0.25, 0.3) is 0 Å². The van der Waals surface area contributed by atoms with Crippen LogP contribution in [0, 0.1) is 11.8 Å². The van der Waals surface area contributed by atoms with Crippen molar-refractivity contribution in [3.05, 3.63) is 0 Å². The zero-order chi connectivity index (χ0) is 10.5. The maximum Gasteiger partial charge on any atom is 0.0434 e. The van der Waals surface area contributed by atoms with Crippen LogP contribution in [0.1, 0.15) is 25.7 Å². The maximum atomic E-state index is 8.91. The summed E-state index contributed by atoms with van der Waals surface area (Å²) < 4.78 is 0. The van der Waals surface area contributed by atoms with Crippen LogP contribution in [-0.4, -0.2) is 49.3 Å². The lowest BCUT2D eigenvalue weighted by atomic mass is 9.99. The van der Waals surface area contributed by atoms with Crippen molar-refractivity contribution < 1.29 is 5.11 Å². The SMILES string of the molecule is Cl.OCCC1CCN(CC2CCCNC2)C1. The van der Waals surface area contributed by atoms with Gasteiger partial charge in [-0.25, -0.2) is 0 Å². The molecule has 2 atom stereocenters. The first-order valence-electron chi connectivity index (χ1n) is 6.42. The molecule has 2 unspecified atom stereocenters. The molecule has 0 amide bonds. The maximum absolute atomic E-state index is 8.91. The van der Waals surface area contributed by atoms with E-state index in [1.807, 2.05) is 0 Å². The van der Waals surface area contributed by atoms with Gasteiger partial charge >= 0.3 is 0 Å². The van der Waals surface area contributed by atoms with Gasteiger partial charge in [0.1, 0.15) is 0 Å². The van der Waals surface area contributed by atoms with Crippen LogP contribution in [-0.2, 0) is 0 Å². The van der Waals surface area contributed by atoms with Crippen LogP contribution in [0.3, 0.4) is 0 Å². The molecule has 0 spiro atoms. The number of likely N-dealkylation sites (tertiary alicyclic amines) is 1. The van der Waals surface area contributed by atoms with Gasteiger partial charge in [0, 0.05) is 19.7 Å². The average molecular weight is 249 g/mol. The van der Waals surface area contributed by atoms with Gasteiger partial charge in [0.05, 0.1) is 0 Å². The summed E-state index contributed by atoms with van der Waals surface area (Å²) in [6.45, 7) is 6.53. The van der Waals surface area contributed by atoms with Crippen molar-refractivity contribution in [1.82, 2.24) is 10.2 Å². The zero-order valence-electron chi connectivity index (χ0n) is 10.0. The molecule has 2 saturated heterocycles. The number of rotatable bonds is 4. The summed E-state index contributed by atoms with van der Waals surface area (Å²) >= 11 is 0. The van der Waals surface area contributed by atoms with Crippen molar-refractivity contribution in [1.29, 1.82) is 0 Å². The van der Waals surface area contributed by atoms with Crippen LogP contribution in [0.4, 0.5) is 0 Å². The standard InChI is InChI=1S/C12H24N2O.ClH/c15-7-4-11-3-6-14(9-11)10-12-2-1-5-13-8-12;/h11-13,15H,1-10H2;1H. The highest BCUT2D eigenvalue weighted by molar-refractivity contribution is 5.85. The van der Waals surface area contributed by atoms with Gasteiger partial charge in [0.2, 0.25) is 0 Å². The molecule has 16 heavy (non-hydrogen) atoms. The molecule has 2 aliphatic rings. The summed E-state index contributed by atoms with van der Waals surface area (Å²) in [7, 11) is 0. The molecular weight excluding hydrogens is 224 g/mol. The molecule has 0 aromatic heterocycles. The lowest BCUT2D eigenvalue weighted by Crippen LogP contribution is -2.37. The predicted octanol–water partition coefficient (Wildman–Crippen LogP) is 1.11. The van der Waals surface area contributed by atoms with Crippen LogP contribution < -0.4 is 5.32 Å². The molecule has 2 N–H and O–H groups in total. The summed E-state index contributed by atoms with van der Waals surface area (Å²) in [4.78, 5) is 2.60. The summed E-state index contributed by atoms with van der Waals surface area (Å²) in [5.74, 6) is 1.62. The molecule has 0 saturated carbocycles. The van der Waals surface area contributed by atoms with E-state index < -0.39 is 0 Å². The van der Waals surface area contributed by atoms with Crippen LogP contribution >= 0.6 is 12.4 Å². The third kappa shape index (κ3) is 4.21. The normalized spacial score (nSPS) is 31.3. The van der Waals surface area contributed by atoms with Crippen molar-refractivity contribution >= 4 is 12.4 Å². The third-order valence-corrected chi connectivity index (χ3v) is 3.82. The molecule has 0 aliphatic carbocycles. The minimum absolute atomic E-state index is 0. The van der Waals surface area contributed by atoms with Crippen molar-refractivity contribution in [2.24, 2.45) is 11.8 Å². The second kappa shape index (κ2) is 7.49. The van der Waals surface area contributed by atoms with Crippen molar-refractivity contribution in [2.75, 3.05) is 39.3 Å². The van der Waals surface area contributed by atoms with E-state index in [0.29, 0.717) is 6.61 Å². The average Bonchev–Trinajstić information content (AvgIpc) is 2.68. The van der Waals surface area contributed by atoms with Gasteiger partial charge in [0.15, 0.2) is 0 Å². The molecule has 4 heteroatoms. The highest BCUT2D eigenvalue weighted by atomic mass is 35.5. The van der Waals surface area contributed by atoms with Gasteiger partial charge < -0.3 is 15.3 Å². The minimum atomic E-state index is 0. The van der Waals surface area contributed by atoms with Gasteiger partial charge in [-0.1, -0.05) is 0 Å². The Hall–Kier alpha value is 0.170. The smallest absolute Gasteiger partial charge is 0.0434 e. The van der Waals surface area contributed by atoms with Crippen molar-refractivity contribution in [3.8, 4) is 0 Å². The predicted molar refractivity (Wildman–Crippen MR) is 69.1 cm³/mol. The molecule has 96 valence electrons. The van der Waals surface area contributed by atoms with E-state index in [1.165, 1.54) is 52.0 Å². The topological polar surface area (TPSA) is 35.5 Å². The van der Waals surface area contributed by atoms with Crippen molar-refractivity contribution in [2.45, 2.75) is 25.7 Å². The Balaban J connectivity index is 0.00000128. The van der Waals surface area contributed by atoms with Crippen LogP contribution in [0.2, 0.25) is 0 Å². The quantitative estimate of drug-likeness (QED) is 0.783. The van der Waals surface area contributed by atoms with E-state index in [-0.39, 0.29) is 12.4 Å². The summed E-state index contributed by atoms with van der Waals surface area (Å²) in [6.07, 6.45) is 5.03.